The van der Waals surface area contributed by atoms with Crippen LogP contribution in [0.15, 0.2) is 6.07 Å². The van der Waals surface area contributed by atoms with Crippen LogP contribution in [0.1, 0.15) is 50.7 Å². The van der Waals surface area contributed by atoms with Gasteiger partial charge in [-0.05, 0) is 31.4 Å². The Labute approximate surface area is 256 Å². The first-order valence-corrected chi connectivity index (χ1v) is 15.4. The molecule has 4 N–H and O–H groups in total. The van der Waals surface area contributed by atoms with E-state index < -0.39 is 54.0 Å². The van der Waals surface area contributed by atoms with Crippen molar-refractivity contribution < 1.29 is 43.1 Å². The summed E-state index contributed by atoms with van der Waals surface area (Å²) in [4.78, 5) is 27.3. The highest BCUT2D eigenvalue weighted by Gasteiger charge is 2.58. The number of esters is 1. The molecule has 5 aliphatic rings. The zero-order chi connectivity index (χ0) is 31.0. The van der Waals surface area contributed by atoms with Gasteiger partial charge in [-0.1, -0.05) is 6.07 Å². The van der Waals surface area contributed by atoms with Crippen LogP contribution in [0.2, 0.25) is 0 Å². The number of hydrogen-bond donors (Lipinski definition) is 4. The number of hydrogen-bond acceptors (Lipinski definition) is 12. The standard InChI is InChI=1S/C30H31FN4O8S/c1-11-4-13-5-14-16(7-32)35-17-8-41-30(39)15(33-18(36)6-31)9-44-29(23(35)22(34-14)19(13)25(38)26(11)40-3)21-20(17)28-27(42-10-43-28)12(2)24(21)37/h4,14-17,22-23,29,34,37-38H,5-6,8-10H2,1-3H3,(H,33,36)/t14?,15?,16-,17-,22?,23?,29+/m0/s1. The summed E-state index contributed by atoms with van der Waals surface area (Å²) in [6.45, 7) is 1.98. The van der Waals surface area contributed by atoms with Gasteiger partial charge in [-0.3, -0.25) is 9.69 Å². The molecule has 232 valence electrons. The van der Waals surface area contributed by atoms with Crippen molar-refractivity contribution in [3.05, 3.63) is 39.4 Å². The summed E-state index contributed by atoms with van der Waals surface area (Å²) in [5.74, 6) is -0.555. The van der Waals surface area contributed by atoms with Gasteiger partial charge in [0, 0.05) is 40.1 Å². The number of aromatic hydroxyl groups is 2. The average molecular weight is 627 g/mol. The Morgan fingerprint density at radius 2 is 2.00 bits per heavy atom. The first-order valence-electron chi connectivity index (χ1n) is 14.3. The zero-order valence-corrected chi connectivity index (χ0v) is 25.0. The number of carbonyl (C=O) groups excluding carboxylic acids is 2. The van der Waals surface area contributed by atoms with Crippen molar-refractivity contribution in [2.24, 2.45) is 0 Å². The minimum absolute atomic E-state index is 0.00222. The fourth-order valence-electron chi connectivity index (χ4n) is 7.65. The Bertz CT molecular complexity index is 1630. The Kier molecular flexibility index (Phi) is 6.95. The predicted octanol–water partition coefficient (Wildman–Crippen LogP) is 2.12. The minimum Gasteiger partial charge on any atom is -0.507 e. The number of phenols is 2. The third-order valence-corrected chi connectivity index (χ3v) is 10.8. The lowest BCUT2D eigenvalue weighted by Gasteiger charge is -2.58. The van der Waals surface area contributed by atoms with Gasteiger partial charge in [-0.15, -0.1) is 11.8 Å². The lowest BCUT2D eigenvalue weighted by atomic mass is 9.72. The molecule has 2 saturated heterocycles. The smallest absolute Gasteiger partial charge is 0.329 e. The Morgan fingerprint density at radius 1 is 1.23 bits per heavy atom. The van der Waals surface area contributed by atoms with Gasteiger partial charge in [-0.2, -0.15) is 5.26 Å². The normalized spacial score (nSPS) is 29.9. The number of halogens is 1. The quantitative estimate of drug-likeness (QED) is 0.368. The number of cyclic esters (lactones) is 1. The van der Waals surface area contributed by atoms with E-state index in [2.05, 4.69) is 16.7 Å². The molecule has 12 nitrogen and oxygen atoms in total. The van der Waals surface area contributed by atoms with Gasteiger partial charge < -0.3 is 39.8 Å². The number of benzene rings is 2. The van der Waals surface area contributed by atoms with E-state index in [4.69, 9.17) is 18.9 Å². The van der Waals surface area contributed by atoms with Crippen LogP contribution in [0.3, 0.4) is 0 Å². The van der Waals surface area contributed by atoms with Crippen LogP contribution < -0.4 is 24.8 Å². The van der Waals surface area contributed by atoms with Crippen LogP contribution >= 0.6 is 11.8 Å². The van der Waals surface area contributed by atoms with E-state index in [0.717, 1.165) is 11.1 Å². The van der Waals surface area contributed by atoms with Crippen LogP contribution in [-0.2, 0) is 20.7 Å². The molecular weight excluding hydrogens is 595 g/mol. The lowest BCUT2D eigenvalue weighted by Crippen LogP contribution is -2.69. The summed E-state index contributed by atoms with van der Waals surface area (Å²) in [5, 5.41) is 39.4. The molecule has 7 atom stereocenters. The summed E-state index contributed by atoms with van der Waals surface area (Å²) in [6.07, 6.45) is 0.455. The maximum Gasteiger partial charge on any atom is 0.329 e. The van der Waals surface area contributed by atoms with E-state index in [1.165, 1.54) is 18.9 Å². The van der Waals surface area contributed by atoms with Gasteiger partial charge >= 0.3 is 5.97 Å². The number of ether oxygens (including phenoxy) is 4. The van der Waals surface area contributed by atoms with Gasteiger partial charge in [0.15, 0.2) is 29.7 Å². The summed E-state index contributed by atoms with van der Waals surface area (Å²) < 4.78 is 36.2. The molecule has 14 heteroatoms. The molecule has 0 saturated carbocycles. The zero-order valence-electron chi connectivity index (χ0n) is 24.2. The maximum atomic E-state index is 13.2. The van der Waals surface area contributed by atoms with E-state index in [1.54, 1.807) is 6.92 Å². The van der Waals surface area contributed by atoms with Gasteiger partial charge in [0.1, 0.15) is 24.4 Å². The third-order valence-electron chi connectivity index (χ3n) is 9.39. The number of aryl methyl sites for hydroxylation is 1. The number of methoxy groups -OCH3 is 1. The number of alkyl halides is 1. The number of fused-ring (bicyclic) bond motifs is 9. The van der Waals surface area contributed by atoms with Gasteiger partial charge in [0.05, 0.1) is 30.5 Å². The summed E-state index contributed by atoms with van der Waals surface area (Å²) in [6, 6.07) is 0.416. The van der Waals surface area contributed by atoms with Crippen LogP contribution in [0, 0.1) is 25.2 Å². The second-order valence-electron chi connectivity index (χ2n) is 11.6. The van der Waals surface area contributed by atoms with Gasteiger partial charge in [0.25, 0.3) is 5.91 Å². The van der Waals surface area contributed by atoms with Crippen molar-refractivity contribution in [2.75, 3.05) is 32.9 Å². The molecule has 5 aliphatic heterocycles. The lowest BCUT2D eigenvalue weighted by molar-refractivity contribution is -0.151. The number of amides is 1. The van der Waals surface area contributed by atoms with E-state index in [1.807, 2.05) is 17.9 Å². The van der Waals surface area contributed by atoms with Crippen LogP contribution in [0.4, 0.5) is 4.39 Å². The molecule has 0 radical (unpaired) electrons. The van der Waals surface area contributed by atoms with Crippen LogP contribution in [-0.4, -0.2) is 84.1 Å². The highest BCUT2D eigenvalue weighted by molar-refractivity contribution is 7.99. The average Bonchev–Trinajstić information content (AvgIpc) is 3.50. The molecular formula is C30H31FN4O8S. The summed E-state index contributed by atoms with van der Waals surface area (Å²) in [5.41, 5.74) is 3.88. The van der Waals surface area contributed by atoms with Gasteiger partial charge in [-0.25, -0.2) is 9.18 Å². The number of carbonyl (C=O) groups is 2. The molecule has 5 heterocycles. The molecule has 44 heavy (non-hydrogen) atoms. The maximum absolute atomic E-state index is 13.2. The summed E-state index contributed by atoms with van der Waals surface area (Å²) in [7, 11) is 1.49. The molecule has 1 amide bonds. The van der Waals surface area contributed by atoms with E-state index in [0.29, 0.717) is 45.9 Å². The number of nitrogens with one attached hydrogen (secondary N) is 2. The van der Waals surface area contributed by atoms with Crippen molar-refractivity contribution in [2.45, 2.75) is 61.8 Å². The monoisotopic (exact) mass is 626 g/mol. The molecule has 7 rings (SSSR count). The second-order valence-corrected chi connectivity index (χ2v) is 12.8. The van der Waals surface area contributed by atoms with Crippen molar-refractivity contribution in [1.29, 1.82) is 5.26 Å². The highest BCUT2D eigenvalue weighted by atomic mass is 32.2. The Balaban J connectivity index is 1.47. The number of nitrogens with zero attached hydrogens (tertiary/aromatic N) is 2. The number of thioether (sulfide) groups is 1. The predicted molar refractivity (Wildman–Crippen MR) is 154 cm³/mol. The first-order chi connectivity index (χ1) is 21.2. The highest BCUT2D eigenvalue weighted by Crippen LogP contribution is 2.62. The molecule has 0 spiro atoms. The molecule has 4 bridgehead atoms. The topological polar surface area (TPSA) is 163 Å². The second kappa shape index (κ2) is 10.6. The first kappa shape index (κ1) is 28.8. The SMILES string of the molecule is COc1c(C)cc2c(c1O)C1NC(C2)[C@H](C#N)N2C1[C@@H]1SCC(NC(=O)CF)C(=O)OC[C@H]2c2c3c(c(C)c(O)c21)OCO3. The molecule has 4 unspecified atom stereocenters. The largest absolute Gasteiger partial charge is 0.507 e. The number of piperazine rings is 1. The minimum atomic E-state index is -1.29. The Morgan fingerprint density at radius 3 is 2.73 bits per heavy atom. The molecule has 2 fully saturated rings. The number of phenolic OH excluding ortho intramolecular Hbond substituents is 2. The van der Waals surface area contributed by atoms with Crippen LogP contribution in [0.25, 0.3) is 0 Å². The van der Waals surface area contributed by atoms with Crippen molar-refractivity contribution >= 4 is 23.6 Å². The number of nitriles is 1. The third kappa shape index (κ3) is 4.02. The fourth-order valence-corrected chi connectivity index (χ4v) is 9.16. The summed E-state index contributed by atoms with van der Waals surface area (Å²) >= 11 is 1.27. The van der Waals surface area contributed by atoms with Gasteiger partial charge in [0.2, 0.25) is 6.79 Å². The molecule has 0 aliphatic carbocycles. The fraction of sp³-hybridized carbons (Fsp3) is 0.500. The van der Waals surface area contributed by atoms with Crippen molar-refractivity contribution in [3.63, 3.8) is 0 Å². The Hall–Kier alpha value is -3.93. The number of rotatable bonds is 3. The van der Waals surface area contributed by atoms with Crippen LogP contribution in [0.5, 0.6) is 28.7 Å². The van der Waals surface area contributed by atoms with E-state index in [9.17, 15) is 29.5 Å². The molecule has 2 aromatic carbocycles. The van der Waals surface area contributed by atoms with Crippen molar-refractivity contribution in [1.82, 2.24) is 15.5 Å². The van der Waals surface area contributed by atoms with E-state index in [-0.39, 0.29) is 36.7 Å². The molecule has 2 aromatic rings. The van der Waals surface area contributed by atoms with E-state index >= 15 is 0 Å². The molecule has 0 aromatic heterocycles. The van der Waals surface area contributed by atoms with Crippen molar-refractivity contribution in [3.8, 4) is 34.8 Å².